The third-order valence-electron chi connectivity index (χ3n) is 2.76. The van der Waals surface area contributed by atoms with E-state index in [0.29, 0.717) is 12.4 Å². The second kappa shape index (κ2) is 5.39. The average Bonchev–Trinajstić information content (AvgIpc) is 2.86. The van der Waals surface area contributed by atoms with Gasteiger partial charge in [-0.2, -0.15) is 0 Å². The van der Waals surface area contributed by atoms with Crippen molar-refractivity contribution in [2.75, 3.05) is 7.11 Å². The van der Waals surface area contributed by atoms with Gasteiger partial charge in [0.05, 0.1) is 12.7 Å². The SMILES string of the molecule is C=C(C(=O)O)c1nccn1Cc1ccc(OC)cc1. The summed E-state index contributed by atoms with van der Waals surface area (Å²) in [6, 6.07) is 7.56. The highest BCUT2D eigenvalue weighted by molar-refractivity contribution is 6.13. The topological polar surface area (TPSA) is 64.3 Å². The summed E-state index contributed by atoms with van der Waals surface area (Å²) in [5, 5.41) is 8.94. The highest BCUT2D eigenvalue weighted by atomic mass is 16.5. The van der Waals surface area contributed by atoms with Gasteiger partial charge in [-0.05, 0) is 17.7 Å². The van der Waals surface area contributed by atoms with Crippen molar-refractivity contribution in [3.05, 3.63) is 54.6 Å². The summed E-state index contributed by atoms with van der Waals surface area (Å²) in [7, 11) is 1.61. The minimum Gasteiger partial charge on any atom is -0.497 e. The molecule has 0 atom stereocenters. The Labute approximate surface area is 110 Å². The van der Waals surface area contributed by atoms with E-state index < -0.39 is 5.97 Å². The zero-order chi connectivity index (χ0) is 13.8. The number of hydrogen-bond acceptors (Lipinski definition) is 3. The van der Waals surface area contributed by atoms with E-state index in [1.807, 2.05) is 24.3 Å². The first-order valence-electron chi connectivity index (χ1n) is 5.68. The molecule has 0 aliphatic heterocycles. The normalized spacial score (nSPS) is 10.2. The molecule has 19 heavy (non-hydrogen) atoms. The second-order valence-electron chi connectivity index (χ2n) is 4.01. The van der Waals surface area contributed by atoms with Crippen LogP contribution in [0.25, 0.3) is 5.57 Å². The Morgan fingerprint density at radius 2 is 2.11 bits per heavy atom. The number of rotatable bonds is 5. The van der Waals surface area contributed by atoms with Gasteiger partial charge < -0.3 is 14.4 Å². The molecule has 0 amide bonds. The second-order valence-corrected chi connectivity index (χ2v) is 4.01. The van der Waals surface area contributed by atoms with Crippen molar-refractivity contribution in [1.82, 2.24) is 9.55 Å². The van der Waals surface area contributed by atoms with E-state index in [2.05, 4.69) is 11.6 Å². The molecular formula is C14H14N2O3. The highest BCUT2D eigenvalue weighted by Gasteiger charge is 2.13. The third-order valence-corrected chi connectivity index (χ3v) is 2.76. The summed E-state index contributed by atoms with van der Waals surface area (Å²) in [6.45, 7) is 4.06. The monoisotopic (exact) mass is 258 g/mol. The van der Waals surface area contributed by atoms with Crippen LogP contribution in [0.5, 0.6) is 5.75 Å². The Morgan fingerprint density at radius 1 is 1.42 bits per heavy atom. The summed E-state index contributed by atoms with van der Waals surface area (Å²) in [5.74, 6) is 0.0787. The van der Waals surface area contributed by atoms with Crippen molar-refractivity contribution in [3.8, 4) is 5.75 Å². The van der Waals surface area contributed by atoms with E-state index >= 15 is 0 Å². The molecule has 0 saturated carbocycles. The Hall–Kier alpha value is -2.56. The quantitative estimate of drug-likeness (QED) is 0.833. The molecule has 5 nitrogen and oxygen atoms in total. The molecule has 0 unspecified atom stereocenters. The van der Waals surface area contributed by atoms with Gasteiger partial charge in [0.2, 0.25) is 0 Å². The maximum atomic E-state index is 10.9. The lowest BCUT2D eigenvalue weighted by Crippen LogP contribution is -2.08. The minimum absolute atomic E-state index is 0.0153. The summed E-state index contributed by atoms with van der Waals surface area (Å²) >= 11 is 0. The third kappa shape index (κ3) is 2.82. The van der Waals surface area contributed by atoms with Gasteiger partial charge in [-0.1, -0.05) is 18.7 Å². The van der Waals surface area contributed by atoms with Gasteiger partial charge in [0.25, 0.3) is 0 Å². The van der Waals surface area contributed by atoms with Crippen LogP contribution < -0.4 is 4.74 Å². The zero-order valence-corrected chi connectivity index (χ0v) is 10.5. The van der Waals surface area contributed by atoms with Crippen molar-refractivity contribution in [2.24, 2.45) is 0 Å². The van der Waals surface area contributed by atoms with E-state index in [-0.39, 0.29) is 5.57 Å². The maximum Gasteiger partial charge on any atom is 0.338 e. The van der Waals surface area contributed by atoms with Crippen LogP contribution in [0.3, 0.4) is 0 Å². The van der Waals surface area contributed by atoms with Crippen LogP contribution in [0.2, 0.25) is 0 Å². The molecule has 1 aromatic heterocycles. The van der Waals surface area contributed by atoms with E-state index in [0.717, 1.165) is 11.3 Å². The molecule has 2 rings (SSSR count). The van der Waals surface area contributed by atoms with Gasteiger partial charge in [-0.3, -0.25) is 0 Å². The molecule has 98 valence electrons. The van der Waals surface area contributed by atoms with E-state index in [1.165, 1.54) is 0 Å². The number of aromatic nitrogens is 2. The Morgan fingerprint density at radius 3 is 2.68 bits per heavy atom. The zero-order valence-electron chi connectivity index (χ0n) is 10.5. The van der Waals surface area contributed by atoms with Gasteiger partial charge >= 0.3 is 5.97 Å². The first-order valence-corrected chi connectivity index (χ1v) is 5.68. The van der Waals surface area contributed by atoms with Crippen LogP contribution in [0.4, 0.5) is 0 Å². The highest BCUT2D eigenvalue weighted by Crippen LogP contribution is 2.15. The smallest absolute Gasteiger partial charge is 0.338 e. The number of ether oxygens (including phenoxy) is 1. The van der Waals surface area contributed by atoms with Crippen molar-refractivity contribution in [1.29, 1.82) is 0 Å². The summed E-state index contributed by atoms with van der Waals surface area (Å²) in [6.07, 6.45) is 3.29. The fraction of sp³-hybridized carbons (Fsp3) is 0.143. The van der Waals surface area contributed by atoms with Crippen molar-refractivity contribution in [3.63, 3.8) is 0 Å². The Balaban J connectivity index is 2.21. The van der Waals surface area contributed by atoms with Crippen LogP contribution >= 0.6 is 0 Å². The van der Waals surface area contributed by atoms with E-state index in [4.69, 9.17) is 9.84 Å². The number of carboxylic acids is 1. The predicted molar refractivity (Wildman–Crippen MR) is 71.0 cm³/mol. The number of nitrogens with zero attached hydrogens (tertiary/aromatic N) is 2. The first kappa shape index (κ1) is 12.9. The fourth-order valence-corrected chi connectivity index (χ4v) is 1.73. The van der Waals surface area contributed by atoms with Crippen LogP contribution in [0, 0.1) is 0 Å². The van der Waals surface area contributed by atoms with Crippen LogP contribution in [-0.2, 0) is 11.3 Å². The molecule has 0 aliphatic rings. The van der Waals surface area contributed by atoms with Gasteiger partial charge in [-0.25, -0.2) is 9.78 Å². The molecule has 0 aliphatic carbocycles. The number of hydrogen-bond donors (Lipinski definition) is 1. The largest absolute Gasteiger partial charge is 0.497 e. The molecule has 0 saturated heterocycles. The molecule has 1 N–H and O–H groups in total. The Bertz CT molecular complexity index is 599. The van der Waals surface area contributed by atoms with Gasteiger partial charge in [-0.15, -0.1) is 0 Å². The molecule has 0 spiro atoms. The molecule has 5 heteroatoms. The number of carbonyl (C=O) groups is 1. The summed E-state index contributed by atoms with van der Waals surface area (Å²) in [5.41, 5.74) is 1.01. The standard InChI is InChI=1S/C14H14N2O3/c1-10(14(17)18)13-15-7-8-16(13)9-11-3-5-12(19-2)6-4-11/h3-8H,1,9H2,2H3,(H,17,18). The lowest BCUT2D eigenvalue weighted by atomic mass is 10.2. The van der Waals surface area contributed by atoms with Gasteiger partial charge in [0.15, 0.2) is 0 Å². The molecule has 1 aromatic carbocycles. The van der Waals surface area contributed by atoms with E-state index in [1.54, 1.807) is 24.1 Å². The molecule has 1 heterocycles. The van der Waals surface area contributed by atoms with E-state index in [9.17, 15) is 4.79 Å². The number of aliphatic carboxylic acids is 1. The number of benzene rings is 1. The van der Waals surface area contributed by atoms with Crippen molar-refractivity contribution < 1.29 is 14.6 Å². The summed E-state index contributed by atoms with van der Waals surface area (Å²) in [4.78, 5) is 14.9. The Kier molecular flexibility index (Phi) is 3.66. The molecule has 0 radical (unpaired) electrons. The number of carboxylic acid groups (broad SMARTS) is 1. The predicted octanol–water partition coefficient (Wildman–Crippen LogP) is 2.04. The number of imidazole rings is 1. The van der Waals surface area contributed by atoms with Crippen LogP contribution in [0.15, 0.2) is 43.2 Å². The lowest BCUT2D eigenvalue weighted by molar-refractivity contribution is -0.130. The van der Waals surface area contributed by atoms with Gasteiger partial charge in [0.1, 0.15) is 11.6 Å². The first-order chi connectivity index (χ1) is 9.11. The fourth-order valence-electron chi connectivity index (χ4n) is 1.73. The molecular weight excluding hydrogens is 244 g/mol. The maximum absolute atomic E-state index is 10.9. The average molecular weight is 258 g/mol. The van der Waals surface area contributed by atoms with Crippen LogP contribution in [0.1, 0.15) is 11.4 Å². The molecule has 0 fully saturated rings. The number of methoxy groups -OCH3 is 1. The molecule has 2 aromatic rings. The lowest BCUT2D eigenvalue weighted by Gasteiger charge is -2.08. The van der Waals surface area contributed by atoms with Crippen molar-refractivity contribution in [2.45, 2.75) is 6.54 Å². The van der Waals surface area contributed by atoms with Crippen molar-refractivity contribution >= 4 is 11.5 Å². The van der Waals surface area contributed by atoms with Crippen LogP contribution in [-0.4, -0.2) is 27.7 Å². The summed E-state index contributed by atoms with van der Waals surface area (Å²) < 4.78 is 6.84. The van der Waals surface area contributed by atoms with Gasteiger partial charge in [0, 0.05) is 18.9 Å². The molecule has 0 bridgehead atoms. The minimum atomic E-state index is -1.07.